The lowest BCUT2D eigenvalue weighted by Gasteiger charge is -2.24. The maximum absolute atomic E-state index is 11.7. The van der Waals surface area contributed by atoms with Crippen molar-refractivity contribution in [1.29, 1.82) is 0 Å². The molecule has 0 N–H and O–H groups in total. The van der Waals surface area contributed by atoms with E-state index in [1.54, 1.807) is 13.1 Å². The predicted octanol–water partition coefficient (Wildman–Crippen LogP) is 3.32. The number of hydrogen-bond donors (Lipinski definition) is 0. The summed E-state index contributed by atoms with van der Waals surface area (Å²) in [6.45, 7) is 5.37. The fraction of sp³-hybridized carbons (Fsp3) is 0.500. The highest BCUT2D eigenvalue weighted by Gasteiger charge is 2.20. The molecule has 1 rings (SSSR count). The maximum Gasteiger partial charge on any atom is 0.333 e. The van der Waals surface area contributed by atoms with Gasteiger partial charge in [0.2, 0.25) is 0 Å². The third kappa shape index (κ3) is 6.86. The predicted molar refractivity (Wildman–Crippen MR) is 85.5 cm³/mol. The molecule has 0 unspecified atom stereocenters. The van der Waals surface area contributed by atoms with E-state index in [1.165, 1.54) is 21.6 Å². The zero-order valence-corrected chi connectivity index (χ0v) is 14.1. The Morgan fingerprint density at radius 3 is 2.71 bits per heavy atom. The van der Waals surface area contributed by atoms with Crippen LogP contribution in [0.1, 0.15) is 33.6 Å². The molecule has 0 radical (unpaired) electrons. The number of amides is 1. The van der Waals surface area contributed by atoms with Crippen LogP contribution >= 0.6 is 21.6 Å². The zero-order chi connectivity index (χ0) is 15.7. The standard InChI is InChI=1S/C14H20N2O3S2/c1-4-13(17)16(11(2)3)19-14(18)8-10-20-21-12-7-5-6-9-15-12/h5-7,9,11H,4,8,10H2,1-3H3. The van der Waals surface area contributed by atoms with Gasteiger partial charge in [-0.3, -0.25) is 4.79 Å². The molecule has 0 fully saturated rings. The molecule has 1 heterocycles. The lowest BCUT2D eigenvalue weighted by Crippen LogP contribution is -2.38. The van der Waals surface area contributed by atoms with Crippen molar-refractivity contribution < 1.29 is 14.4 Å². The summed E-state index contributed by atoms with van der Waals surface area (Å²) in [7, 11) is 3.05. The number of nitrogens with zero attached hydrogens (tertiary/aromatic N) is 2. The second-order valence-electron chi connectivity index (χ2n) is 4.45. The lowest BCUT2D eigenvalue weighted by molar-refractivity contribution is -0.204. The Labute approximate surface area is 133 Å². The molecule has 0 aliphatic carbocycles. The zero-order valence-electron chi connectivity index (χ0n) is 12.4. The third-order valence-electron chi connectivity index (χ3n) is 2.39. The molecule has 0 saturated carbocycles. The molecule has 0 aliphatic rings. The SMILES string of the molecule is CCC(=O)N(OC(=O)CCSSc1ccccn1)C(C)C. The molecule has 0 aromatic carbocycles. The highest BCUT2D eigenvalue weighted by atomic mass is 33.1. The minimum atomic E-state index is -0.389. The van der Waals surface area contributed by atoms with Gasteiger partial charge in [0.1, 0.15) is 5.03 Å². The largest absolute Gasteiger partial charge is 0.338 e. The second kappa shape index (κ2) is 9.68. The molecule has 7 heteroatoms. The van der Waals surface area contributed by atoms with E-state index in [4.69, 9.17) is 4.84 Å². The highest BCUT2D eigenvalue weighted by molar-refractivity contribution is 8.76. The van der Waals surface area contributed by atoms with Crippen LogP contribution in [0.2, 0.25) is 0 Å². The quantitative estimate of drug-likeness (QED) is 0.435. The van der Waals surface area contributed by atoms with Crippen LogP contribution in [-0.2, 0) is 14.4 Å². The number of carbonyl (C=O) groups is 2. The van der Waals surface area contributed by atoms with Gasteiger partial charge in [0, 0.05) is 18.4 Å². The van der Waals surface area contributed by atoms with E-state index in [-0.39, 0.29) is 24.3 Å². The van der Waals surface area contributed by atoms with E-state index >= 15 is 0 Å². The van der Waals surface area contributed by atoms with Crippen LogP contribution in [-0.4, -0.2) is 33.7 Å². The van der Waals surface area contributed by atoms with E-state index in [0.717, 1.165) is 10.1 Å². The van der Waals surface area contributed by atoms with Crippen molar-refractivity contribution in [1.82, 2.24) is 10.0 Å². The van der Waals surface area contributed by atoms with Crippen molar-refractivity contribution in [3.63, 3.8) is 0 Å². The number of pyridine rings is 1. The Kier molecular flexibility index (Phi) is 8.22. The van der Waals surface area contributed by atoms with Crippen LogP contribution in [0.4, 0.5) is 0 Å². The first-order chi connectivity index (χ1) is 10.0. The molecule has 0 bridgehead atoms. The second-order valence-corrected chi connectivity index (χ2v) is 6.89. The molecule has 0 atom stereocenters. The van der Waals surface area contributed by atoms with E-state index < -0.39 is 0 Å². The van der Waals surface area contributed by atoms with Gasteiger partial charge in [0.25, 0.3) is 5.91 Å². The van der Waals surface area contributed by atoms with Crippen molar-refractivity contribution in [2.45, 2.75) is 44.7 Å². The van der Waals surface area contributed by atoms with Crippen LogP contribution in [0, 0.1) is 0 Å². The summed E-state index contributed by atoms with van der Waals surface area (Å²) < 4.78 is 0. The van der Waals surface area contributed by atoms with E-state index in [1.807, 2.05) is 32.0 Å². The molecule has 1 aromatic rings. The normalized spacial score (nSPS) is 10.5. The minimum Gasteiger partial charge on any atom is -0.338 e. The number of rotatable bonds is 7. The van der Waals surface area contributed by atoms with Crippen molar-refractivity contribution in [3.8, 4) is 0 Å². The number of aromatic nitrogens is 1. The Morgan fingerprint density at radius 1 is 1.38 bits per heavy atom. The smallest absolute Gasteiger partial charge is 0.333 e. The van der Waals surface area contributed by atoms with Crippen LogP contribution in [0.5, 0.6) is 0 Å². The average Bonchev–Trinajstić information content (AvgIpc) is 2.49. The third-order valence-corrected chi connectivity index (χ3v) is 4.66. The fourth-order valence-electron chi connectivity index (χ4n) is 1.38. The van der Waals surface area contributed by atoms with E-state index in [0.29, 0.717) is 12.2 Å². The van der Waals surface area contributed by atoms with Gasteiger partial charge in [0.15, 0.2) is 0 Å². The molecular weight excluding hydrogens is 308 g/mol. The van der Waals surface area contributed by atoms with Crippen molar-refractivity contribution in [2.75, 3.05) is 5.75 Å². The van der Waals surface area contributed by atoms with Gasteiger partial charge in [-0.1, -0.05) is 23.8 Å². The van der Waals surface area contributed by atoms with Crippen LogP contribution in [0.25, 0.3) is 0 Å². The summed E-state index contributed by atoms with van der Waals surface area (Å²) in [6.07, 6.45) is 2.30. The van der Waals surface area contributed by atoms with E-state index in [9.17, 15) is 9.59 Å². The van der Waals surface area contributed by atoms with Crippen LogP contribution < -0.4 is 0 Å². The Hall–Kier alpha value is -1.21. The van der Waals surface area contributed by atoms with Gasteiger partial charge < -0.3 is 4.84 Å². The first-order valence-corrected chi connectivity index (χ1v) is 9.09. The van der Waals surface area contributed by atoms with Gasteiger partial charge in [-0.05, 0) is 36.8 Å². The Balaban J connectivity index is 2.28. The molecule has 0 aliphatic heterocycles. The monoisotopic (exact) mass is 328 g/mol. The van der Waals surface area contributed by atoms with Crippen molar-refractivity contribution in [3.05, 3.63) is 24.4 Å². The molecule has 0 saturated heterocycles. The molecule has 1 amide bonds. The van der Waals surface area contributed by atoms with Gasteiger partial charge >= 0.3 is 5.97 Å². The molecule has 1 aromatic heterocycles. The minimum absolute atomic E-state index is 0.156. The first-order valence-electron chi connectivity index (χ1n) is 6.78. The number of hydrogen-bond acceptors (Lipinski definition) is 6. The van der Waals surface area contributed by atoms with Crippen molar-refractivity contribution in [2.24, 2.45) is 0 Å². The molecule has 21 heavy (non-hydrogen) atoms. The van der Waals surface area contributed by atoms with Crippen LogP contribution in [0.15, 0.2) is 29.4 Å². The summed E-state index contributed by atoms with van der Waals surface area (Å²) >= 11 is 0. The lowest BCUT2D eigenvalue weighted by atomic mass is 10.3. The highest BCUT2D eigenvalue weighted by Crippen LogP contribution is 2.29. The topological polar surface area (TPSA) is 59.5 Å². The van der Waals surface area contributed by atoms with E-state index in [2.05, 4.69) is 4.98 Å². The Morgan fingerprint density at radius 2 is 2.14 bits per heavy atom. The van der Waals surface area contributed by atoms with Crippen molar-refractivity contribution >= 4 is 33.5 Å². The van der Waals surface area contributed by atoms with Gasteiger partial charge in [0.05, 0.1) is 12.5 Å². The molecule has 5 nitrogen and oxygen atoms in total. The summed E-state index contributed by atoms with van der Waals surface area (Å²) in [5.74, 6) is 0.0280. The van der Waals surface area contributed by atoms with Gasteiger partial charge in [-0.2, -0.15) is 5.06 Å². The number of hydroxylamine groups is 2. The summed E-state index contributed by atoms with van der Waals surface area (Å²) in [5.41, 5.74) is 0. The molecule has 0 spiro atoms. The molecule has 116 valence electrons. The average molecular weight is 328 g/mol. The first kappa shape index (κ1) is 17.8. The Bertz CT molecular complexity index is 455. The summed E-state index contributed by atoms with van der Waals surface area (Å²) in [5, 5.41) is 2.06. The van der Waals surface area contributed by atoms with Crippen LogP contribution in [0.3, 0.4) is 0 Å². The summed E-state index contributed by atoms with van der Waals surface area (Å²) in [6, 6.07) is 5.53. The maximum atomic E-state index is 11.7. The number of carbonyl (C=O) groups excluding carboxylic acids is 2. The fourth-order valence-corrected chi connectivity index (χ4v) is 3.23. The van der Waals surface area contributed by atoms with Gasteiger partial charge in [-0.25, -0.2) is 9.78 Å². The molecular formula is C14H20N2O3S2. The summed E-state index contributed by atoms with van der Waals surface area (Å²) in [4.78, 5) is 32.7. The van der Waals surface area contributed by atoms with Gasteiger partial charge in [-0.15, -0.1) is 0 Å².